The molecule has 20 nitrogen and oxygen atoms in total. The number of fused-ring (bicyclic) bond motifs is 1. The number of urea groups is 1. The van der Waals surface area contributed by atoms with Gasteiger partial charge in [-0.3, -0.25) is 28.5 Å². The van der Waals surface area contributed by atoms with Gasteiger partial charge < -0.3 is 57.2 Å². The zero-order chi connectivity index (χ0) is 37.5. The van der Waals surface area contributed by atoms with Gasteiger partial charge in [-0.15, -0.1) is 0 Å². The van der Waals surface area contributed by atoms with Crippen molar-refractivity contribution in [3.8, 4) is 0 Å². The summed E-state index contributed by atoms with van der Waals surface area (Å²) in [5.41, 5.74) is 5.12. The lowest BCUT2D eigenvalue weighted by atomic mass is 10.0. The molecule has 0 aromatic carbocycles. The molecule has 7 amide bonds. The molecular weight excluding hydrogens is 716 g/mol. The van der Waals surface area contributed by atoms with E-state index in [-0.39, 0.29) is 68.5 Å². The molecule has 2 heterocycles. The zero-order valence-corrected chi connectivity index (χ0v) is 30.2. The number of unbranched alkanes of at least 4 members (excludes halogenated alkanes) is 1. The molecule has 51 heavy (non-hydrogen) atoms. The Morgan fingerprint density at radius 2 is 1.39 bits per heavy atom. The number of carbonyl (C=O) groups excluding carboxylic acids is 6. The Morgan fingerprint density at radius 3 is 2.02 bits per heavy atom. The third kappa shape index (κ3) is 20.4. The highest BCUT2D eigenvalue weighted by Gasteiger charge is 2.42. The molecule has 0 aliphatic carbocycles. The number of ether oxygens (including phenoxy) is 3. The first kappa shape index (κ1) is 43.9. The van der Waals surface area contributed by atoms with Gasteiger partial charge in [0.25, 0.3) is 10.1 Å². The van der Waals surface area contributed by atoms with Crippen LogP contribution in [0.25, 0.3) is 0 Å². The number of nitrogens with two attached hydrogens (primary N) is 1. The minimum absolute atomic E-state index is 0.0686. The van der Waals surface area contributed by atoms with Gasteiger partial charge in [0, 0.05) is 43.7 Å². The van der Waals surface area contributed by atoms with Crippen LogP contribution in [0.15, 0.2) is 0 Å². The number of carbonyl (C=O) groups is 6. The average Bonchev–Trinajstić information content (AvgIpc) is 3.64. The predicted molar refractivity (Wildman–Crippen MR) is 185 cm³/mol. The summed E-state index contributed by atoms with van der Waals surface area (Å²) in [6.45, 7) is 1.76. The molecule has 0 radical (unpaired) electrons. The van der Waals surface area contributed by atoms with E-state index in [4.69, 9.17) is 19.9 Å². The molecule has 0 spiro atoms. The minimum atomic E-state index is -4.54. The number of hydrogen-bond donors (Lipinski definition) is 9. The fraction of sp³-hybridized carbons (Fsp3) is 0.793. The molecule has 0 saturated carbocycles. The van der Waals surface area contributed by atoms with Crippen LogP contribution in [-0.4, -0.2) is 156 Å². The Kier molecular flexibility index (Phi) is 21.4. The molecule has 2 rings (SSSR count). The van der Waals surface area contributed by atoms with Crippen LogP contribution in [0.3, 0.4) is 0 Å². The molecule has 292 valence electrons. The first-order valence-corrected chi connectivity index (χ1v) is 19.5. The van der Waals surface area contributed by atoms with E-state index in [9.17, 15) is 41.7 Å². The molecule has 4 unspecified atom stereocenters. The van der Waals surface area contributed by atoms with Crippen LogP contribution in [0.4, 0.5) is 4.79 Å². The molecule has 2 fully saturated rings. The van der Waals surface area contributed by atoms with Crippen molar-refractivity contribution in [1.82, 2.24) is 37.2 Å². The summed E-state index contributed by atoms with van der Waals surface area (Å²) >= 11 is 1.77. The summed E-state index contributed by atoms with van der Waals surface area (Å²) in [7, 11) is -4.54. The molecule has 4 atom stereocenters. The Balaban J connectivity index is 1.43. The van der Waals surface area contributed by atoms with E-state index in [2.05, 4.69) is 37.2 Å². The van der Waals surface area contributed by atoms with Gasteiger partial charge in [-0.1, -0.05) is 6.42 Å². The molecule has 0 aromatic heterocycles. The summed E-state index contributed by atoms with van der Waals surface area (Å²) in [6.07, 6.45) is 3.08. The summed E-state index contributed by atoms with van der Waals surface area (Å²) < 4.78 is 48.5. The molecule has 2 saturated heterocycles. The molecule has 2 aliphatic heterocycles. The van der Waals surface area contributed by atoms with Gasteiger partial charge in [0.15, 0.2) is 0 Å². The zero-order valence-electron chi connectivity index (χ0n) is 28.6. The van der Waals surface area contributed by atoms with E-state index < -0.39 is 45.5 Å². The van der Waals surface area contributed by atoms with E-state index in [0.29, 0.717) is 65.3 Å². The van der Waals surface area contributed by atoms with Crippen LogP contribution in [0, 0.1) is 0 Å². The van der Waals surface area contributed by atoms with Gasteiger partial charge in [-0.25, -0.2) is 4.79 Å². The van der Waals surface area contributed by atoms with Crippen molar-refractivity contribution >= 4 is 57.4 Å². The van der Waals surface area contributed by atoms with Crippen molar-refractivity contribution < 1.29 is 55.9 Å². The Morgan fingerprint density at radius 1 is 0.804 bits per heavy atom. The number of amides is 7. The maximum atomic E-state index is 12.6. The maximum absolute atomic E-state index is 12.6. The first-order chi connectivity index (χ1) is 24.4. The summed E-state index contributed by atoms with van der Waals surface area (Å²) in [6, 6.07) is -1.43. The number of rotatable bonds is 28. The lowest BCUT2D eigenvalue weighted by Crippen LogP contribution is -2.50. The van der Waals surface area contributed by atoms with Gasteiger partial charge in [0.2, 0.25) is 29.5 Å². The Hall–Kier alpha value is -3.28. The van der Waals surface area contributed by atoms with Gasteiger partial charge in [0.1, 0.15) is 11.8 Å². The largest absolute Gasteiger partial charge is 0.379 e. The third-order valence-electron chi connectivity index (χ3n) is 7.48. The number of thioether (sulfide) groups is 1. The van der Waals surface area contributed by atoms with Crippen molar-refractivity contribution in [1.29, 1.82) is 0 Å². The lowest BCUT2D eigenvalue weighted by Gasteiger charge is -2.18. The van der Waals surface area contributed by atoms with Crippen LogP contribution in [0.2, 0.25) is 0 Å². The summed E-state index contributed by atoms with van der Waals surface area (Å²) in [4.78, 5) is 70.8. The third-order valence-corrected chi connectivity index (χ3v) is 9.75. The summed E-state index contributed by atoms with van der Waals surface area (Å²) in [5.74, 6) is -2.71. The van der Waals surface area contributed by atoms with Crippen LogP contribution >= 0.6 is 11.8 Å². The van der Waals surface area contributed by atoms with E-state index in [1.807, 2.05) is 0 Å². The number of nitrogens with one attached hydrogen (secondary N) is 7. The maximum Gasteiger partial charge on any atom is 0.315 e. The molecule has 2 aliphatic rings. The highest BCUT2D eigenvalue weighted by atomic mass is 32.2. The van der Waals surface area contributed by atoms with Crippen molar-refractivity contribution in [2.45, 2.75) is 61.9 Å². The molecule has 0 aromatic rings. The van der Waals surface area contributed by atoms with Crippen LogP contribution < -0.4 is 43.0 Å². The molecule has 0 bridgehead atoms. The highest BCUT2D eigenvalue weighted by Crippen LogP contribution is 2.33. The molecule has 22 heteroatoms. The highest BCUT2D eigenvalue weighted by molar-refractivity contribution is 8.00. The van der Waals surface area contributed by atoms with E-state index in [1.54, 1.807) is 11.8 Å². The van der Waals surface area contributed by atoms with E-state index in [1.165, 1.54) is 0 Å². The topological polar surface area (TPSA) is 295 Å². The van der Waals surface area contributed by atoms with Crippen LogP contribution in [0.1, 0.15) is 38.5 Å². The standard InChI is InChI=1S/C29H52N8O12S2/c30-15-24(39)33-17-26(41)34-16-25(40)31-7-3-9-47-11-13-49-14-12-48-10-4-8-32-28(42)21(19-51(44,45)46)35-23(38)6-2-1-5-22-27-20(18-50-22)36-29(43)37-27/h20-22,27H,1-19,30H2,(H,31,40)(H,32,42)(H,33,39)(H,34,41)(H,35,38)(H2,36,37,43)(H,44,45,46). The van der Waals surface area contributed by atoms with Gasteiger partial charge in [0.05, 0.1) is 58.1 Å². The molecular formula is C29H52N8O12S2. The smallest absolute Gasteiger partial charge is 0.315 e. The van der Waals surface area contributed by atoms with Crippen LogP contribution in [0.5, 0.6) is 0 Å². The van der Waals surface area contributed by atoms with Gasteiger partial charge in [-0.05, 0) is 25.7 Å². The van der Waals surface area contributed by atoms with Gasteiger partial charge in [-0.2, -0.15) is 20.2 Å². The average molecular weight is 769 g/mol. The quantitative estimate of drug-likeness (QED) is 0.0211. The Bertz CT molecular complexity index is 1250. The monoisotopic (exact) mass is 768 g/mol. The normalized spacial score (nSPS) is 18.5. The van der Waals surface area contributed by atoms with Crippen molar-refractivity contribution in [2.75, 3.05) is 83.9 Å². The fourth-order valence-electron chi connectivity index (χ4n) is 4.94. The van der Waals surface area contributed by atoms with Crippen LogP contribution in [-0.2, 0) is 48.3 Å². The van der Waals surface area contributed by atoms with Crippen molar-refractivity contribution in [2.24, 2.45) is 5.73 Å². The fourth-order valence-corrected chi connectivity index (χ4v) is 7.14. The second-order valence-corrected chi connectivity index (χ2v) is 14.4. The minimum Gasteiger partial charge on any atom is -0.379 e. The predicted octanol–water partition coefficient (Wildman–Crippen LogP) is -3.66. The first-order valence-electron chi connectivity index (χ1n) is 16.8. The number of hydrogen-bond acceptors (Lipinski definition) is 13. The molecule has 10 N–H and O–H groups in total. The second-order valence-electron chi connectivity index (χ2n) is 11.7. The van der Waals surface area contributed by atoms with Gasteiger partial charge >= 0.3 is 6.03 Å². The van der Waals surface area contributed by atoms with E-state index >= 15 is 0 Å². The summed E-state index contributed by atoms with van der Waals surface area (Å²) in [5, 5.41) is 18.3. The SMILES string of the molecule is NCC(=O)NCC(=O)NCC(=O)NCCCOCCOCCOCCCNC(=O)C(CS(=O)(=O)O)NC(=O)CCCCC1SCC2NC(=O)NC21. The van der Waals surface area contributed by atoms with E-state index in [0.717, 1.165) is 12.2 Å². The van der Waals surface area contributed by atoms with Crippen molar-refractivity contribution in [3.05, 3.63) is 0 Å². The second kappa shape index (κ2) is 24.8. The Labute approximate surface area is 301 Å². The lowest BCUT2D eigenvalue weighted by molar-refractivity contribution is -0.128. The van der Waals surface area contributed by atoms with Crippen molar-refractivity contribution in [3.63, 3.8) is 0 Å².